The van der Waals surface area contributed by atoms with Gasteiger partial charge in [0.15, 0.2) is 0 Å². The van der Waals surface area contributed by atoms with Gasteiger partial charge in [-0.25, -0.2) is 4.68 Å². The maximum atomic E-state index is 12.9. The summed E-state index contributed by atoms with van der Waals surface area (Å²) in [5.74, 6) is 0.633. The Bertz CT molecular complexity index is 867. The van der Waals surface area contributed by atoms with Gasteiger partial charge in [-0.1, -0.05) is 30.3 Å². The molecule has 1 atom stereocenters. The first-order valence-corrected chi connectivity index (χ1v) is 10.1. The van der Waals surface area contributed by atoms with Gasteiger partial charge in [-0.15, -0.1) is 0 Å². The minimum Gasteiger partial charge on any atom is -0.341 e. The summed E-state index contributed by atoms with van der Waals surface area (Å²) in [5, 5.41) is 4.50. The van der Waals surface area contributed by atoms with E-state index in [4.69, 9.17) is 0 Å². The number of amides is 1. The molecule has 1 saturated heterocycles. The van der Waals surface area contributed by atoms with Crippen molar-refractivity contribution in [2.75, 3.05) is 13.1 Å². The third kappa shape index (κ3) is 3.82. The smallest absolute Gasteiger partial charge is 0.267 e. The number of nitrogens with zero attached hydrogens (tertiary/aromatic N) is 3. The molecule has 0 radical (unpaired) electrons. The number of fused-ring (bicyclic) bond motifs is 1. The first kappa shape index (κ1) is 18.0. The van der Waals surface area contributed by atoms with Crippen LogP contribution in [-0.4, -0.2) is 33.7 Å². The zero-order valence-electron chi connectivity index (χ0n) is 15.9. The number of aryl methyl sites for hydroxylation is 2. The summed E-state index contributed by atoms with van der Waals surface area (Å²) < 4.78 is 1.39. The minimum absolute atomic E-state index is 0.0145. The van der Waals surface area contributed by atoms with Crippen molar-refractivity contribution in [1.29, 1.82) is 0 Å². The highest BCUT2D eigenvalue weighted by Crippen LogP contribution is 2.24. The van der Waals surface area contributed by atoms with E-state index in [1.165, 1.54) is 10.2 Å². The fraction of sp³-hybridized carbons (Fsp3) is 0.500. The van der Waals surface area contributed by atoms with E-state index in [2.05, 4.69) is 29.4 Å². The van der Waals surface area contributed by atoms with E-state index in [0.717, 1.165) is 62.9 Å². The molecule has 0 saturated carbocycles. The lowest BCUT2D eigenvalue weighted by Gasteiger charge is -2.33. The Kier molecular flexibility index (Phi) is 5.10. The average molecular weight is 365 g/mol. The SMILES string of the molecule is CC(C(=O)N1CCC(Cc2ccccc2)CC1)n1nc2c(cc1=O)CCC2. The predicted molar refractivity (Wildman–Crippen MR) is 105 cm³/mol. The van der Waals surface area contributed by atoms with Gasteiger partial charge >= 0.3 is 0 Å². The molecule has 142 valence electrons. The van der Waals surface area contributed by atoms with Crippen molar-refractivity contribution in [2.24, 2.45) is 5.92 Å². The largest absolute Gasteiger partial charge is 0.341 e. The van der Waals surface area contributed by atoms with Crippen LogP contribution in [0.2, 0.25) is 0 Å². The second-order valence-corrected chi connectivity index (χ2v) is 7.89. The van der Waals surface area contributed by atoms with E-state index in [1.54, 1.807) is 13.0 Å². The van der Waals surface area contributed by atoms with Crippen molar-refractivity contribution < 1.29 is 4.79 Å². The lowest BCUT2D eigenvalue weighted by Crippen LogP contribution is -2.44. The highest BCUT2D eigenvalue weighted by atomic mass is 16.2. The third-order valence-electron chi connectivity index (χ3n) is 6.00. The third-order valence-corrected chi connectivity index (χ3v) is 6.00. The Labute approximate surface area is 160 Å². The van der Waals surface area contributed by atoms with Gasteiger partial charge in [0.2, 0.25) is 5.91 Å². The molecule has 0 N–H and O–H groups in total. The van der Waals surface area contributed by atoms with Crippen LogP contribution in [0, 0.1) is 5.92 Å². The maximum Gasteiger partial charge on any atom is 0.267 e. The summed E-state index contributed by atoms with van der Waals surface area (Å²) in [7, 11) is 0. The molecule has 1 aromatic carbocycles. The van der Waals surface area contributed by atoms with Crippen LogP contribution < -0.4 is 5.56 Å². The van der Waals surface area contributed by atoms with E-state index >= 15 is 0 Å². The molecule has 27 heavy (non-hydrogen) atoms. The molecule has 5 nitrogen and oxygen atoms in total. The van der Waals surface area contributed by atoms with Crippen LogP contribution in [0.3, 0.4) is 0 Å². The molecule has 1 amide bonds. The molecule has 4 rings (SSSR count). The number of hydrogen-bond acceptors (Lipinski definition) is 3. The Morgan fingerprint density at radius 3 is 2.67 bits per heavy atom. The van der Waals surface area contributed by atoms with E-state index in [9.17, 15) is 9.59 Å². The number of rotatable bonds is 4. The summed E-state index contributed by atoms with van der Waals surface area (Å²) >= 11 is 0. The van der Waals surface area contributed by atoms with Crippen LogP contribution in [0.4, 0.5) is 0 Å². The number of carbonyl (C=O) groups is 1. The number of benzene rings is 1. The van der Waals surface area contributed by atoms with Crippen LogP contribution in [0.1, 0.15) is 49.0 Å². The van der Waals surface area contributed by atoms with Gasteiger partial charge in [-0.2, -0.15) is 5.10 Å². The molecule has 2 aliphatic rings. The monoisotopic (exact) mass is 365 g/mol. The second-order valence-electron chi connectivity index (χ2n) is 7.89. The zero-order chi connectivity index (χ0) is 18.8. The van der Waals surface area contributed by atoms with Gasteiger partial charge in [0.05, 0.1) is 5.69 Å². The second kappa shape index (κ2) is 7.67. The number of piperidine rings is 1. The van der Waals surface area contributed by atoms with Crippen molar-refractivity contribution >= 4 is 5.91 Å². The number of carbonyl (C=O) groups excluding carboxylic acids is 1. The molecule has 1 aromatic heterocycles. The van der Waals surface area contributed by atoms with Gasteiger partial charge < -0.3 is 4.90 Å². The molecule has 5 heteroatoms. The molecular formula is C22H27N3O2. The van der Waals surface area contributed by atoms with Gasteiger partial charge in [0.25, 0.3) is 5.56 Å². The summed E-state index contributed by atoms with van der Waals surface area (Å²) in [6, 6.07) is 11.7. The molecule has 0 bridgehead atoms. The average Bonchev–Trinajstić information content (AvgIpc) is 3.15. The Morgan fingerprint density at radius 1 is 1.19 bits per heavy atom. The molecule has 2 heterocycles. The Morgan fingerprint density at radius 2 is 1.93 bits per heavy atom. The molecule has 1 aliphatic heterocycles. The summed E-state index contributed by atoms with van der Waals surface area (Å²) in [6.07, 6.45) is 5.98. The Balaban J connectivity index is 1.38. The van der Waals surface area contributed by atoms with Crippen molar-refractivity contribution in [3.8, 4) is 0 Å². The van der Waals surface area contributed by atoms with Gasteiger partial charge in [-0.05, 0) is 62.5 Å². The predicted octanol–water partition coefficient (Wildman–Crippen LogP) is 2.77. The summed E-state index contributed by atoms with van der Waals surface area (Å²) in [5.41, 5.74) is 3.24. The van der Waals surface area contributed by atoms with Gasteiger partial charge in [-0.3, -0.25) is 9.59 Å². The Hall–Kier alpha value is -2.43. The number of aromatic nitrogens is 2. The van der Waals surface area contributed by atoms with Crippen LogP contribution in [-0.2, 0) is 24.1 Å². The fourth-order valence-corrected chi connectivity index (χ4v) is 4.37. The van der Waals surface area contributed by atoms with Crippen LogP contribution in [0.15, 0.2) is 41.2 Å². The van der Waals surface area contributed by atoms with Gasteiger partial charge in [0, 0.05) is 19.2 Å². The van der Waals surface area contributed by atoms with Crippen LogP contribution in [0.25, 0.3) is 0 Å². The van der Waals surface area contributed by atoms with Crippen LogP contribution in [0.5, 0.6) is 0 Å². The maximum absolute atomic E-state index is 12.9. The first-order valence-electron chi connectivity index (χ1n) is 10.1. The van der Waals surface area contributed by atoms with E-state index in [1.807, 2.05) is 11.0 Å². The van der Waals surface area contributed by atoms with E-state index in [0.29, 0.717) is 5.92 Å². The molecule has 0 spiro atoms. The summed E-state index contributed by atoms with van der Waals surface area (Å²) in [6.45, 7) is 3.33. The van der Waals surface area contributed by atoms with Crippen molar-refractivity contribution in [2.45, 2.75) is 51.5 Å². The number of hydrogen-bond donors (Lipinski definition) is 0. The molecular weight excluding hydrogens is 338 g/mol. The van der Waals surface area contributed by atoms with Crippen molar-refractivity contribution in [3.05, 3.63) is 63.6 Å². The topological polar surface area (TPSA) is 55.2 Å². The van der Waals surface area contributed by atoms with Crippen molar-refractivity contribution in [3.63, 3.8) is 0 Å². The molecule has 1 aliphatic carbocycles. The van der Waals surface area contributed by atoms with Crippen molar-refractivity contribution in [1.82, 2.24) is 14.7 Å². The molecule has 1 unspecified atom stereocenters. The first-order chi connectivity index (χ1) is 13.1. The fourth-order valence-electron chi connectivity index (χ4n) is 4.37. The number of likely N-dealkylation sites (tertiary alicyclic amines) is 1. The quantitative estimate of drug-likeness (QED) is 0.837. The minimum atomic E-state index is -0.533. The van der Waals surface area contributed by atoms with E-state index < -0.39 is 6.04 Å². The lowest BCUT2D eigenvalue weighted by molar-refractivity contribution is -0.136. The standard InChI is InChI=1S/C22H27N3O2/c1-16(25-21(26)15-19-8-5-9-20(19)23-25)22(27)24-12-10-18(11-13-24)14-17-6-3-2-4-7-17/h2-4,6-7,15-16,18H,5,8-14H2,1H3. The normalized spacial score (nSPS) is 18.3. The van der Waals surface area contributed by atoms with Gasteiger partial charge in [0.1, 0.15) is 6.04 Å². The zero-order valence-corrected chi connectivity index (χ0v) is 15.9. The molecule has 1 fully saturated rings. The highest BCUT2D eigenvalue weighted by Gasteiger charge is 2.28. The van der Waals surface area contributed by atoms with E-state index in [-0.39, 0.29) is 11.5 Å². The van der Waals surface area contributed by atoms with Crippen LogP contribution >= 0.6 is 0 Å². The lowest BCUT2D eigenvalue weighted by atomic mass is 9.90. The highest BCUT2D eigenvalue weighted by molar-refractivity contribution is 5.80. The summed E-state index contributed by atoms with van der Waals surface area (Å²) in [4.78, 5) is 27.2. The molecule has 2 aromatic rings.